The van der Waals surface area contributed by atoms with Crippen LogP contribution in [-0.2, 0) is 20.2 Å². The van der Waals surface area contributed by atoms with E-state index in [1.54, 1.807) is 18.2 Å². The first kappa shape index (κ1) is 14.3. The van der Waals surface area contributed by atoms with Gasteiger partial charge in [-0.1, -0.05) is 30.5 Å². The fourth-order valence-electron chi connectivity index (χ4n) is 2.73. The molecule has 6 heteroatoms. The van der Waals surface area contributed by atoms with Gasteiger partial charge in [-0.3, -0.25) is 0 Å². The Labute approximate surface area is 117 Å². The molecule has 1 aliphatic rings. The van der Waals surface area contributed by atoms with Crippen LogP contribution in [0.4, 0.5) is 0 Å². The average Bonchev–Trinajstić information content (AvgIpc) is 2.77. The molecule has 0 aromatic heterocycles. The molecule has 0 amide bonds. The molecule has 2 rings (SSSR count). The molecule has 0 radical (unpaired) electrons. The Morgan fingerprint density at radius 2 is 1.95 bits per heavy atom. The van der Waals surface area contributed by atoms with Gasteiger partial charge in [-0.05, 0) is 25.0 Å². The topological polar surface area (TPSA) is 63.6 Å². The second-order valence-corrected chi connectivity index (χ2v) is 7.22. The number of rotatable bonds is 3. The lowest BCUT2D eigenvalue weighted by Gasteiger charge is -2.26. The van der Waals surface area contributed by atoms with E-state index >= 15 is 0 Å². The zero-order chi connectivity index (χ0) is 14.1. The van der Waals surface area contributed by atoms with Crippen LogP contribution >= 0.6 is 11.6 Å². The summed E-state index contributed by atoms with van der Waals surface area (Å²) >= 11 is 6.19. The molecular weight excluding hydrogens is 286 g/mol. The van der Waals surface area contributed by atoms with Crippen molar-refractivity contribution >= 4 is 27.5 Å². The molecule has 19 heavy (non-hydrogen) atoms. The van der Waals surface area contributed by atoms with E-state index in [0.717, 1.165) is 19.1 Å². The molecule has 1 fully saturated rings. The Hall–Kier alpha value is -1.16. The lowest BCUT2D eigenvalue weighted by Crippen LogP contribution is -2.23. The molecule has 0 N–H and O–H groups in total. The first-order valence-corrected chi connectivity index (χ1v) is 8.26. The molecule has 0 bridgehead atoms. The summed E-state index contributed by atoms with van der Waals surface area (Å²) in [6.45, 7) is 0. The van der Waals surface area contributed by atoms with Crippen LogP contribution < -0.4 is 0 Å². The van der Waals surface area contributed by atoms with Gasteiger partial charge in [-0.2, -0.15) is 4.99 Å². The van der Waals surface area contributed by atoms with Crippen molar-refractivity contribution in [3.63, 3.8) is 0 Å². The molecule has 0 spiro atoms. The van der Waals surface area contributed by atoms with E-state index < -0.39 is 15.4 Å². The van der Waals surface area contributed by atoms with Gasteiger partial charge in [0.1, 0.15) is 5.54 Å². The van der Waals surface area contributed by atoms with Gasteiger partial charge in [0.05, 0.1) is 4.90 Å². The van der Waals surface area contributed by atoms with Gasteiger partial charge in [0.15, 0.2) is 9.84 Å². The Morgan fingerprint density at radius 1 is 1.32 bits per heavy atom. The third-order valence-corrected chi connectivity index (χ3v) is 4.98. The molecule has 0 aliphatic heterocycles. The van der Waals surface area contributed by atoms with E-state index in [4.69, 9.17) is 11.6 Å². The van der Waals surface area contributed by atoms with E-state index in [-0.39, 0.29) is 4.90 Å². The zero-order valence-corrected chi connectivity index (χ0v) is 12.1. The van der Waals surface area contributed by atoms with Gasteiger partial charge in [-0.25, -0.2) is 13.2 Å². The van der Waals surface area contributed by atoms with Crippen molar-refractivity contribution in [1.29, 1.82) is 0 Å². The second kappa shape index (κ2) is 5.08. The maximum Gasteiger partial charge on any atom is 0.235 e. The number of benzene rings is 1. The standard InChI is InChI=1S/C13H14ClNO3S/c1-19(17,18)11-6-4-5-10(14)12(11)13(15-9-16)7-2-3-8-13/h4-6H,2-3,7-8H2,1H3. The third kappa shape index (κ3) is 2.59. The van der Waals surface area contributed by atoms with Crippen LogP contribution in [0.5, 0.6) is 0 Å². The lowest BCUT2D eigenvalue weighted by molar-refractivity contribution is 0.446. The number of hydrogen-bond donors (Lipinski definition) is 0. The fourth-order valence-corrected chi connectivity index (χ4v) is 4.13. The SMILES string of the molecule is CS(=O)(=O)c1cccc(Cl)c1C1(N=C=O)CCCC1. The maximum absolute atomic E-state index is 11.9. The second-order valence-electron chi connectivity index (χ2n) is 4.83. The summed E-state index contributed by atoms with van der Waals surface area (Å²) in [6.07, 6.45) is 5.73. The summed E-state index contributed by atoms with van der Waals surface area (Å²) in [5.41, 5.74) is -0.390. The first-order chi connectivity index (χ1) is 8.91. The van der Waals surface area contributed by atoms with Crippen LogP contribution in [0.1, 0.15) is 31.2 Å². The highest BCUT2D eigenvalue weighted by atomic mass is 35.5. The molecule has 1 aromatic rings. The number of hydrogen-bond acceptors (Lipinski definition) is 4. The van der Waals surface area contributed by atoms with E-state index in [1.165, 1.54) is 6.07 Å². The number of carbonyl (C=O) groups excluding carboxylic acids is 1. The zero-order valence-electron chi connectivity index (χ0n) is 10.5. The summed E-state index contributed by atoms with van der Waals surface area (Å²) in [6, 6.07) is 4.73. The summed E-state index contributed by atoms with van der Waals surface area (Å²) in [7, 11) is -3.42. The Kier molecular flexibility index (Phi) is 3.81. The number of sulfone groups is 1. The largest absolute Gasteiger partial charge is 0.235 e. The quantitative estimate of drug-likeness (QED) is 0.637. The number of halogens is 1. The molecule has 1 aromatic carbocycles. The smallest absolute Gasteiger partial charge is 0.224 e. The Bertz CT molecular complexity index is 642. The third-order valence-electron chi connectivity index (χ3n) is 3.53. The van der Waals surface area contributed by atoms with Crippen molar-refractivity contribution in [2.45, 2.75) is 36.1 Å². The van der Waals surface area contributed by atoms with Crippen molar-refractivity contribution in [2.24, 2.45) is 4.99 Å². The summed E-state index contributed by atoms with van der Waals surface area (Å²) in [4.78, 5) is 14.8. The van der Waals surface area contributed by atoms with Crippen LogP contribution in [0.2, 0.25) is 5.02 Å². The minimum Gasteiger partial charge on any atom is -0.224 e. The van der Waals surface area contributed by atoms with Crippen molar-refractivity contribution < 1.29 is 13.2 Å². The predicted octanol–water partition coefficient (Wildman–Crippen LogP) is 2.85. The lowest BCUT2D eigenvalue weighted by atomic mass is 9.89. The molecule has 0 unspecified atom stereocenters. The van der Waals surface area contributed by atoms with Gasteiger partial charge in [-0.15, -0.1) is 0 Å². The average molecular weight is 300 g/mol. The van der Waals surface area contributed by atoms with E-state index in [1.807, 2.05) is 0 Å². The minimum absolute atomic E-state index is 0.154. The molecule has 102 valence electrons. The number of nitrogens with zero attached hydrogens (tertiary/aromatic N) is 1. The van der Waals surface area contributed by atoms with Crippen LogP contribution in [0.25, 0.3) is 0 Å². The highest BCUT2D eigenvalue weighted by Gasteiger charge is 2.40. The number of isocyanates is 1. The monoisotopic (exact) mass is 299 g/mol. The maximum atomic E-state index is 11.9. The van der Waals surface area contributed by atoms with Crippen LogP contribution in [0.15, 0.2) is 28.1 Å². The molecule has 1 aliphatic carbocycles. The van der Waals surface area contributed by atoms with Crippen molar-refractivity contribution in [1.82, 2.24) is 0 Å². The molecule has 0 atom stereocenters. The Balaban J connectivity index is 2.77. The van der Waals surface area contributed by atoms with Gasteiger partial charge < -0.3 is 0 Å². The van der Waals surface area contributed by atoms with Crippen molar-refractivity contribution in [3.05, 3.63) is 28.8 Å². The van der Waals surface area contributed by atoms with Gasteiger partial charge in [0.2, 0.25) is 6.08 Å². The highest BCUT2D eigenvalue weighted by Crippen LogP contribution is 2.47. The Morgan fingerprint density at radius 3 is 2.47 bits per heavy atom. The minimum atomic E-state index is -3.42. The number of aliphatic imine (C=N–C) groups is 1. The van der Waals surface area contributed by atoms with E-state index in [0.29, 0.717) is 23.4 Å². The summed E-state index contributed by atoms with van der Waals surface area (Å²) < 4.78 is 23.8. The molecule has 0 heterocycles. The predicted molar refractivity (Wildman–Crippen MR) is 72.8 cm³/mol. The summed E-state index contributed by atoms with van der Waals surface area (Å²) in [5, 5.41) is 0.337. The van der Waals surface area contributed by atoms with Gasteiger partial charge in [0, 0.05) is 16.8 Å². The molecule has 0 saturated heterocycles. The van der Waals surface area contributed by atoms with Crippen LogP contribution in [-0.4, -0.2) is 20.8 Å². The molecule has 1 saturated carbocycles. The highest BCUT2D eigenvalue weighted by molar-refractivity contribution is 7.90. The van der Waals surface area contributed by atoms with Crippen LogP contribution in [0, 0.1) is 0 Å². The van der Waals surface area contributed by atoms with Crippen molar-refractivity contribution in [3.8, 4) is 0 Å². The van der Waals surface area contributed by atoms with E-state index in [9.17, 15) is 13.2 Å². The molecule has 4 nitrogen and oxygen atoms in total. The first-order valence-electron chi connectivity index (χ1n) is 5.99. The van der Waals surface area contributed by atoms with Crippen LogP contribution in [0.3, 0.4) is 0 Å². The van der Waals surface area contributed by atoms with Gasteiger partial charge in [0.25, 0.3) is 0 Å². The fraction of sp³-hybridized carbons (Fsp3) is 0.462. The van der Waals surface area contributed by atoms with E-state index in [2.05, 4.69) is 4.99 Å². The van der Waals surface area contributed by atoms with Crippen molar-refractivity contribution in [2.75, 3.05) is 6.26 Å². The normalized spacial score (nSPS) is 18.0. The van der Waals surface area contributed by atoms with Gasteiger partial charge >= 0.3 is 0 Å². The molecular formula is C13H14ClNO3S. The summed E-state index contributed by atoms with van der Waals surface area (Å²) in [5.74, 6) is 0.